The molecule has 0 fully saturated rings. The second-order valence-electron chi connectivity index (χ2n) is 4.71. The van der Waals surface area contributed by atoms with Crippen LogP contribution in [0.25, 0.3) is 5.76 Å². The van der Waals surface area contributed by atoms with Gasteiger partial charge in [-0.1, -0.05) is 12.7 Å². The lowest BCUT2D eigenvalue weighted by atomic mass is 10.2. The molecule has 0 aliphatic rings. The number of methoxy groups -OCH3 is 1. The van der Waals surface area contributed by atoms with E-state index in [4.69, 9.17) is 9.16 Å². The zero-order valence-corrected chi connectivity index (χ0v) is 12.0. The zero-order chi connectivity index (χ0) is 12.9. The Morgan fingerprint density at radius 1 is 1.18 bits per heavy atom. The number of hydrogen-bond donors (Lipinski definition) is 0. The minimum Gasteiger partial charge on any atom is -0.544 e. The van der Waals surface area contributed by atoms with Gasteiger partial charge in [-0.25, -0.2) is 0 Å². The second-order valence-corrected chi connectivity index (χ2v) is 9.14. The maximum atomic E-state index is 6.03. The summed E-state index contributed by atoms with van der Waals surface area (Å²) in [5, 5.41) is 0. The molecule has 2 nitrogen and oxygen atoms in total. The Morgan fingerprint density at radius 3 is 2.18 bits per heavy atom. The highest BCUT2D eigenvalue weighted by atomic mass is 28.4. The summed E-state index contributed by atoms with van der Waals surface area (Å²) in [4.78, 5) is 0. The Kier molecular flexibility index (Phi) is 4.58. The van der Waals surface area contributed by atoms with E-state index in [0.717, 1.165) is 17.1 Å². The third kappa shape index (κ3) is 4.49. The van der Waals surface area contributed by atoms with Gasteiger partial charge >= 0.3 is 0 Å². The first-order valence-corrected chi connectivity index (χ1v) is 9.03. The van der Waals surface area contributed by atoms with Crippen LogP contribution >= 0.6 is 0 Å². The van der Waals surface area contributed by atoms with Crippen LogP contribution in [0.5, 0.6) is 5.75 Å². The standard InChI is InChI=1S/C14H20O2Si/c1-6-7-14(16-17(3,4)5)12-8-10-13(15-2)11-9-12/h6-11H,1H2,2-5H3/b14-7-. The summed E-state index contributed by atoms with van der Waals surface area (Å²) in [7, 11) is 0.0512. The molecule has 0 spiro atoms. The van der Waals surface area contributed by atoms with E-state index < -0.39 is 8.32 Å². The van der Waals surface area contributed by atoms with Crippen molar-refractivity contribution in [3.63, 3.8) is 0 Å². The summed E-state index contributed by atoms with van der Waals surface area (Å²) >= 11 is 0. The van der Waals surface area contributed by atoms with Crippen LogP contribution < -0.4 is 4.74 Å². The fourth-order valence-electron chi connectivity index (χ4n) is 1.38. The molecule has 0 N–H and O–H groups in total. The van der Waals surface area contributed by atoms with Gasteiger partial charge < -0.3 is 9.16 Å². The number of hydrogen-bond acceptors (Lipinski definition) is 2. The van der Waals surface area contributed by atoms with Crippen molar-refractivity contribution in [3.8, 4) is 5.75 Å². The van der Waals surface area contributed by atoms with Crippen LogP contribution in [0.4, 0.5) is 0 Å². The predicted octanol–water partition coefficient (Wildman–Crippen LogP) is 4.07. The van der Waals surface area contributed by atoms with Crippen molar-refractivity contribution >= 4 is 14.1 Å². The van der Waals surface area contributed by atoms with Gasteiger partial charge in [0.25, 0.3) is 0 Å². The average Bonchev–Trinajstić information content (AvgIpc) is 2.27. The van der Waals surface area contributed by atoms with Crippen molar-refractivity contribution < 1.29 is 9.16 Å². The first kappa shape index (κ1) is 13.6. The summed E-state index contributed by atoms with van der Waals surface area (Å²) in [6.07, 6.45) is 3.65. The highest BCUT2D eigenvalue weighted by Crippen LogP contribution is 2.23. The lowest BCUT2D eigenvalue weighted by Gasteiger charge is -2.22. The molecule has 0 saturated heterocycles. The lowest BCUT2D eigenvalue weighted by molar-refractivity contribution is 0.414. The van der Waals surface area contributed by atoms with Gasteiger partial charge in [0.15, 0.2) is 0 Å². The molecule has 3 heteroatoms. The van der Waals surface area contributed by atoms with Crippen LogP contribution in [0, 0.1) is 0 Å². The van der Waals surface area contributed by atoms with Crippen molar-refractivity contribution in [2.45, 2.75) is 19.6 Å². The summed E-state index contributed by atoms with van der Waals surface area (Å²) in [6.45, 7) is 10.2. The molecule has 0 aromatic heterocycles. The van der Waals surface area contributed by atoms with Crippen LogP contribution in [0.3, 0.4) is 0 Å². The third-order valence-corrected chi connectivity index (χ3v) is 2.89. The molecule has 0 heterocycles. The number of benzene rings is 1. The van der Waals surface area contributed by atoms with Crippen molar-refractivity contribution in [2.75, 3.05) is 7.11 Å². The Morgan fingerprint density at radius 2 is 1.76 bits per heavy atom. The number of allylic oxidation sites excluding steroid dienone is 2. The van der Waals surface area contributed by atoms with Crippen molar-refractivity contribution in [3.05, 3.63) is 48.6 Å². The van der Waals surface area contributed by atoms with Crippen LogP contribution in [0.2, 0.25) is 19.6 Å². The Bertz CT molecular complexity index is 399. The molecule has 0 aliphatic heterocycles. The van der Waals surface area contributed by atoms with Crippen molar-refractivity contribution in [1.82, 2.24) is 0 Å². The van der Waals surface area contributed by atoms with Gasteiger partial charge in [-0.05, 0) is 50.0 Å². The molecule has 0 amide bonds. The van der Waals surface area contributed by atoms with Crippen molar-refractivity contribution in [1.29, 1.82) is 0 Å². The molecule has 1 aromatic rings. The summed E-state index contributed by atoms with van der Waals surface area (Å²) in [6, 6.07) is 7.85. The zero-order valence-electron chi connectivity index (χ0n) is 11.0. The van der Waals surface area contributed by atoms with E-state index in [-0.39, 0.29) is 0 Å². The Labute approximate surface area is 105 Å². The van der Waals surface area contributed by atoms with Gasteiger partial charge in [0, 0.05) is 5.56 Å². The van der Waals surface area contributed by atoms with Gasteiger partial charge in [0.05, 0.1) is 7.11 Å². The minimum absolute atomic E-state index is 0.847. The molecule has 92 valence electrons. The topological polar surface area (TPSA) is 18.5 Å². The predicted molar refractivity (Wildman–Crippen MR) is 75.6 cm³/mol. The molecule has 0 atom stereocenters. The molecular formula is C14H20O2Si. The first-order chi connectivity index (χ1) is 7.96. The summed E-state index contributed by atoms with van der Waals surface area (Å²) < 4.78 is 11.2. The number of rotatable bonds is 5. The van der Waals surface area contributed by atoms with E-state index in [1.807, 2.05) is 30.3 Å². The Hall–Kier alpha value is -1.48. The highest BCUT2D eigenvalue weighted by Gasteiger charge is 2.18. The molecular weight excluding hydrogens is 228 g/mol. The number of ether oxygens (including phenoxy) is 1. The van der Waals surface area contributed by atoms with Crippen LogP contribution in [-0.4, -0.2) is 15.4 Å². The molecule has 1 rings (SSSR count). The second kappa shape index (κ2) is 5.73. The normalized spacial score (nSPS) is 12.1. The van der Waals surface area contributed by atoms with E-state index in [1.54, 1.807) is 13.2 Å². The highest BCUT2D eigenvalue weighted by molar-refractivity contribution is 6.70. The maximum absolute atomic E-state index is 6.03. The molecule has 17 heavy (non-hydrogen) atoms. The van der Waals surface area contributed by atoms with Gasteiger partial charge in [0.1, 0.15) is 11.5 Å². The van der Waals surface area contributed by atoms with Gasteiger partial charge in [-0.15, -0.1) is 0 Å². The van der Waals surface area contributed by atoms with Gasteiger partial charge in [-0.3, -0.25) is 0 Å². The SMILES string of the molecule is C=C/C=C(\O[Si](C)(C)C)c1ccc(OC)cc1. The largest absolute Gasteiger partial charge is 0.544 e. The van der Waals surface area contributed by atoms with E-state index in [9.17, 15) is 0 Å². The van der Waals surface area contributed by atoms with Gasteiger partial charge in [-0.2, -0.15) is 0 Å². The van der Waals surface area contributed by atoms with Gasteiger partial charge in [0.2, 0.25) is 8.32 Å². The van der Waals surface area contributed by atoms with E-state index >= 15 is 0 Å². The average molecular weight is 248 g/mol. The van der Waals surface area contributed by atoms with E-state index in [1.165, 1.54) is 0 Å². The fraction of sp³-hybridized carbons (Fsp3) is 0.286. The molecule has 1 aromatic carbocycles. The Balaban J connectivity index is 2.98. The third-order valence-electron chi connectivity index (χ3n) is 2.06. The molecule has 0 aliphatic carbocycles. The first-order valence-electron chi connectivity index (χ1n) is 5.62. The van der Waals surface area contributed by atoms with Crippen LogP contribution in [-0.2, 0) is 4.43 Å². The van der Waals surface area contributed by atoms with Crippen molar-refractivity contribution in [2.24, 2.45) is 0 Å². The maximum Gasteiger partial charge on any atom is 0.242 e. The van der Waals surface area contributed by atoms with E-state index in [2.05, 4.69) is 26.2 Å². The summed E-state index contributed by atoms with van der Waals surface area (Å²) in [5.74, 6) is 1.72. The van der Waals surface area contributed by atoms with Crippen LogP contribution in [0.15, 0.2) is 43.0 Å². The molecule has 0 bridgehead atoms. The quantitative estimate of drug-likeness (QED) is 0.444. The van der Waals surface area contributed by atoms with E-state index in [0.29, 0.717) is 0 Å². The smallest absolute Gasteiger partial charge is 0.242 e. The fourth-order valence-corrected chi connectivity index (χ4v) is 2.23. The summed E-state index contributed by atoms with van der Waals surface area (Å²) in [5.41, 5.74) is 1.05. The molecule has 0 radical (unpaired) electrons. The van der Waals surface area contributed by atoms with Crippen LogP contribution in [0.1, 0.15) is 5.56 Å². The monoisotopic (exact) mass is 248 g/mol. The molecule has 0 saturated carbocycles. The minimum atomic E-state index is -1.61. The lowest BCUT2D eigenvalue weighted by Crippen LogP contribution is -2.24. The molecule has 0 unspecified atom stereocenters.